The SMILES string of the molecule is COC1CC(OC)C2C(=O)[C@@]3(OC2C1Cl)C1NC(C)CCC1C(=O)C[C@H]3C. The van der Waals surface area contributed by atoms with E-state index >= 15 is 0 Å². The Morgan fingerprint density at radius 1 is 1.15 bits per heavy atom. The van der Waals surface area contributed by atoms with Gasteiger partial charge in [-0.2, -0.15) is 0 Å². The van der Waals surface area contributed by atoms with E-state index in [-0.39, 0.29) is 47.7 Å². The number of fused-ring (bicyclic) bond motifs is 3. The predicted octanol–water partition coefficient (Wildman–Crippen LogP) is 1.72. The second-order valence-electron chi connectivity index (χ2n) is 8.79. The summed E-state index contributed by atoms with van der Waals surface area (Å²) < 4.78 is 17.8. The summed E-state index contributed by atoms with van der Waals surface area (Å²) in [6, 6.07) is -0.0463. The van der Waals surface area contributed by atoms with Gasteiger partial charge in [0.15, 0.2) is 5.78 Å². The lowest BCUT2D eigenvalue weighted by molar-refractivity contribution is -0.170. The lowest BCUT2D eigenvalue weighted by Gasteiger charge is -2.51. The zero-order valence-electron chi connectivity index (χ0n) is 16.4. The van der Waals surface area contributed by atoms with Crippen molar-refractivity contribution < 1.29 is 23.8 Å². The number of rotatable bonds is 2. The second kappa shape index (κ2) is 7.06. The summed E-state index contributed by atoms with van der Waals surface area (Å²) >= 11 is 6.71. The van der Waals surface area contributed by atoms with Crippen molar-refractivity contribution in [2.45, 2.75) is 80.9 Å². The number of methoxy groups -OCH3 is 2. The largest absolute Gasteiger partial charge is 0.380 e. The summed E-state index contributed by atoms with van der Waals surface area (Å²) in [5.74, 6) is -0.487. The smallest absolute Gasteiger partial charge is 0.174 e. The molecule has 10 atom stereocenters. The lowest BCUT2D eigenvalue weighted by Crippen LogP contribution is -2.69. The quantitative estimate of drug-likeness (QED) is 0.713. The van der Waals surface area contributed by atoms with Crippen molar-refractivity contribution in [3.05, 3.63) is 0 Å². The van der Waals surface area contributed by atoms with Crippen LogP contribution in [0.3, 0.4) is 0 Å². The minimum absolute atomic E-state index is 0.0520. The van der Waals surface area contributed by atoms with E-state index in [2.05, 4.69) is 12.2 Å². The predicted molar refractivity (Wildman–Crippen MR) is 99.9 cm³/mol. The highest BCUT2D eigenvalue weighted by molar-refractivity contribution is 6.22. The van der Waals surface area contributed by atoms with E-state index in [0.29, 0.717) is 12.8 Å². The number of ketones is 2. The molecule has 1 N–H and O–H groups in total. The molecule has 2 aliphatic heterocycles. The van der Waals surface area contributed by atoms with E-state index in [0.717, 1.165) is 12.8 Å². The number of halogens is 1. The van der Waals surface area contributed by atoms with Crippen LogP contribution < -0.4 is 5.32 Å². The molecule has 7 heteroatoms. The van der Waals surface area contributed by atoms with Gasteiger partial charge >= 0.3 is 0 Å². The van der Waals surface area contributed by atoms with E-state index in [1.165, 1.54) is 0 Å². The van der Waals surface area contributed by atoms with Crippen LogP contribution in [0.5, 0.6) is 0 Å². The molecule has 4 rings (SSSR count). The van der Waals surface area contributed by atoms with Gasteiger partial charge in [-0.05, 0) is 19.8 Å². The Labute approximate surface area is 165 Å². The number of carbonyl (C=O) groups excluding carboxylic acids is 2. The van der Waals surface area contributed by atoms with Crippen molar-refractivity contribution in [2.24, 2.45) is 17.8 Å². The molecule has 27 heavy (non-hydrogen) atoms. The van der Waals surface area contributed by atoms with Gasteiger partial charge in [0, 0.05) is 44.9 Å². The molecule has 0 radical (unpaired) electrons. The molecule has 2 heterocycles. The first-order valence-corrected chi connectivity index (χ1v) is 10.5. The maximum atomic E-state index is 13.8. The number of nitrogens with one attached hydrogen (secondary N) is 1. The molecule has 2 saturated heterocycles. The third-order valence-electron chi connectivity index (χ3n) is 7.40. The molecule has 2 aliphatic carbocycles. The Hall–Kier alpha value is -0.530. The van der Waals surface area contributed by atoms with Crippen LogP contribution in [0.25, 0.3) is 0 Å². The van der Waals surface area contributed by atoms with Gasteiger partial charge in [-0.3, -0.25) is 9.59 Å². The van der Waals surface area contributed by atoms with Crippen LogP contribution in [0.4, 0.5) is 0 Å². The Bertz CT molecular complexity index is 629. The Morgan fingerprint density at radius 2 is 1.85 bits per heavy atom. The van der Waals surface area contributed by atoms with Gasteiger partial charge < -0.3 is 19.5 Å². The molecule has 152 valence electrons. The van der Waals surface area contributed by atoms with Gasteiger partial charge in [0.25, 0.3) is 0 Å². The van der Waals surface area contributed by atoms with Gasteiger partial charge in [0.05, 0.1) is 35.6 Å². The van der Waals surface area contributed by atoms with Gasteiger partial charge in [-0.25, -0.2) is 0 Å². The Morgan fingerprint density at radius 3 is 2.52 bits per heavy atom. The maximum Gasteiger partial charge on any atom is 0.174 e. The molecule has 0 amide bonds. The van der Waals surface area contributed by atoms with Crippen LogP contribution in [-0.4, -0.2) is 67.2 Å². The Kier molecular flexibility index (Phi) is 5.17. The van der Waals surface area contributed by atoms with Crippen molar-refractivity contribution in [1.29, 1.82) is 0 Å². The molecule has 8 unspecified atom stereocenters. The average Bonchev–Trinajstić information content (AvgIpc) is 2.96. The molecule has 0 aromatic heterocycles. The summed E-state index contributed by atoms with van der Waals surface area (Å²) in [6.45, 7) is 4.06. The monoisotopic (exact) mass is 399 g/mol. The molecule has 1 spiro atoms. The number of Topliss-reactive ketones (excluding diaryl/α,β-unsaturated/α-hetero) is 2. The van der Waals surface area contributed by atoms with Crippen molar-refractivity contribution in [3.8, 4) is 0 Å². The van der Waals surface area contributed by atoms with E-state index in [9.17, 15) is 9.59 Å². The van der Waals surface area contributed by atoms with Gasteiger partial charge in [0.2, 0.25) is 0 Å². The van der Waals surface area contributed by atoms with Crippen molar-refractivity contribution in [2.75, 3.05) is 14.2 Å². The van der Waals surface area contributed by atoms with Gasteiger partial charge in [-0.15, -0.1) is 11.6 Å². The fraction of sp³-hybridized carbons (Fsp3) is 0.900. The third kappa shape index (κ3) is 2.75. The highest BCUT2D eigenvalue weighted by Gasteiger charge is 2.69. The van der Waals surface area contributed by atoms with Gasteiger partial charge in [0.1, 0.15) is 11.4 Å². The molecule has 0 bridgehead atoms. The van der Waals surface area contributed by atoms with E-state index in [4.69, 9.17) is 25.8 Å². The first kappa shape index (κ1) is 19.8. The van der Waals surface area contributed by atoms with E-state index in [1.54, 1.807) is 14.2 Å². The van der Waals surface area contributed by atoms with Crippen molar-refractivity contribution in [3.63, 3.8) is 0 Å². The van der Waals surface area contributed by atoms with E-state index in [1.807, 2.05) is 6.92 Å². The summed E-state index contributed by atoms with van der Waals surface area (Å²) in [6.07, 6.45) is 1.71. The van der Waals surface area contributed by atoms with Crippen LogP contribution in [0.2, 0.25) is 0 Å². The highest BCUT2D eigenvalue weighted by Crippen LogP contribution is 2.53. The molecule has 2 saturated carbocycles. The zero-order chi connectivity index (χ0) is 19.5. The summed E-state index contributed by atoms with van der Waals surface area (Å²) in [4.78, 5) is 26.6. The molecule has 4 fully saturated rings. The Balaban J connectivity index is 1.75. The highest BCUT2D eigenvalue weighted by atomic mass is 35.5. The van der Waals surface area contributed by atoms with Crippen LogP contribution in [0, 0.1) is 17.8 Å². The third-order valence-corrected chi connectivity index (χ3v) is 7.93. The number of carbonyl (C=O) groups is 2. The minimum Gasteiger partial charge on any atom is -0.380 e. The van der Waals surface area contributed by atoms with Crippen LogP contribution in [0.1, 0.15) is 39.5 Å². The van der Waals surface area contributed by atoms with Crippen molar-refractivity contribution >= 4 is 23.2 Å². The molecule has 0 aromatic carbocycles. The fourth-order valence-corrected chi connectivity index (χ4v) is 6.38. The lowest BCUT2D eigenvalue weighted by atomic mass is 9.61. The molecule has 0 aromatic rings. The first-order chi connectivity index (χ1) is 12.8. The summed E-state index contributed by atoms with van der Waals surface area (Å²) in [5.41, 5.74) is -1.02. The number of ether oxygens (including phenoxy) is 3. The van der Waals surface area contributed by atoms with Crippen LogP contribution in [-0.2, 0) is 23.8 Å². The normalized spacial score (nSPS) is 52.7. The number of hydrogen-bond donors (Lipinski definition) is 1. The number of hydrogen-bond acceptors (Lipinski definition) is 6. The standard InChI is InChI=1S/C20H30ClNO5/c1-9-7-12(23)11-6-5-10(2)22-18(11)20(9)19(24)15-13(25-3)8-14(26-4)16(21)17(15)27-20/h9-11,13-18,22H,5-8H2,1-4H3/t9-,10?,11?,13?,14?,15?,16?,17?,18?,20+/m1/s1. The van der Waals surface area contributed by atoms with Crippen LogP contribution >= 0.6 is 11.6 Å². The van der Waals surface area contributed by atoms with Gasteiger partial charge in [-0.1, -0.05) is 6.92 Å². The van der Waals surface area contributed by atoms with Crippen LogP contribution in [0.15, 0.2) is 0 Å². The van der Waals surface area contributed by atoms with Crippen molar-refractivity contribution in [1.82, 2.24) is 5.32 Å². The molecular formula is C20H30ClNO5. The average molecular weight is 400 g/mol. The first-order valence-electron chi connectivity index (χ1n) is 10.1. The fourth-order valence-electron chi connectivity index (χ4n) is 5.96. The molecule has 4 aliphatic rings. The minimum atomic E-state index is -1.02. The molecular weight excluding hydrogens is 370 g/mol. The zero-order valence-corrected chi connectivity index (χ0v) is 17.2. The summed E-state index contributed by atoms with van der Waals surface area (Å²) in [7, 11) is 3.25. The number of piperidine rings is 1. The van der Waals surface area contributed by atoms with E-state index < -0.39 is 23.0 Å². The topological polar surface area (TPSA) is 73.9 Å². The summed E-state index contributed by atoms with van der Waals surface area (Å²) in [5, 5.41) is 3.13. The second-order valence-corrected chi connectivity index (χ2v) is 9.30. The maximum absolute atomic E-state index is 13.8. The number of alkyl halides is 1. The molecule has 6 nitrogen and oxygen atoms in total.